The average Bonchev–Trinajstić information content (AvgIpc) is 2.38. The minimum absolute atomic E-state index is 0.254. The van der Waals surface area contributed by atoms with Crippen molar-refractivity contribution in [1.82, 2.24) is 10.6 Å². The summed E-state index contributed by atoms with van der Waals surface area (Å²) in [6.07, 6.45) is 1.28. The smallest absolute Gasteiger partial charge is 0.321 e. The Morgan fingerprint density at radius 3 is 2.55 bits per heavy atom. The molecule has 20 heavy (non-hydrogen) atoms. The molecule has 1 aromatic carbocycles. The van der Waals surface area contributed by atoms with E-state index in [9.17, 15) is 9.59 Å². The van der Waals surface area contributed by atoms with Crippen LogP contribution in [0.2, 0.25) is 0 Å². The molecule has 1 aliphatic rings. The Morgan fingerprint density at radius 2 is 1.95 bits per heavy atom. The van der Waals surface area contributed by atoms with Crippen LogP contribution in [0.1, 0.15) is 38.3 Å². The average molecular weight is 276 g/mol. The van der Waals surface area contributed by atoms with Gasteiger partial charge in [0.25, 0.3) is 0 Å². The van der Waals surface area contributed by atoms with Gasteiger partial charge in [0.15, 0.2) is 0 Å². The molecule has 1 unspecified atom stereocenters. The highest BCUT2D eigenvalue weighted by molar-refractivity contribution is 5.97. The summed E-state index contributed by atoms with van der Waals surface area (Å²) in [7, 11) is 0. The van der Waals surface area contributed by atoms with Gasteiger partial charge in [0.05, 0.1) is 19.1 Å². The van der Waals surface area contributed by atoms with E-state index in [-0.39, 0.29) is 18.4 Å². The second-order valence-corrected chi connectivity index (χ2v) is 5.38. The molecule has 1 aliphatic heterocycles. The van der Waals surface area contributed by atoms with E-state index < -0.39 is 6.03 Å². The second-order valence-electron chi connectivity index (χ2n) is 5.38. The summed E-state index contributed by atoms with van der Waals surface area (Å²) in [5, 5.41) is 4.94. The lowest BCUT2D eigenvalue weighted by Crippen LogP contribution is -2.48. The van der Waals surface area contributed by atoms with Crippen LogP contribution >= 0.6 is 0 Å². The van der Waals surface area contributed by atoms with Crippen LogP contribution in [0.5, 0.6) is 5.75 Å². The first-order chi connectivity index (χ1) is 9.54. The summed E-state index contributed by atoms with van der Waals surface area (Å²) >= 11 is 0. The predicted molar refractivity (Wildman–Crippen MR) is 75.4 cm³/mol. The molecule has 1 fully saturated rings. The molecule has 108 valence electrons. The molecule has 0 spiro atoms. The maximum Gasteiger partial charge on any atom is 0.321 e. The van der Waals surface area contributed by atoms with Gasteiger partial charge in [-0.15, -0.1) is 0 Å². The number of nitrogens with one attached hydrogen (secondary N) is 2. The summed E-state index contributed by atoms with van der Waals surface area (Å²) < 4.78 is 5.63. The van der Waals surface area contributed by atoms with Gasteiger partial charge in [0, 0.05) is 0 Å². The number of rotatable bonds is 5. The van der Waals surface area contributed by atoms with Gasteiger partial charge in [-0.2, -0.15) is 0 Å². The van der Waals surface area contributed by atoms with E-state index in [1.54, 1.807) is 0 Å². The fraction of sp³-hybridized carbons (Fsp3) is 0.467. The standard InChI is InChI=1S/C15H20N2O3/c1-10(2)7-8-20-12-5-3-11(4-6-12)13-9-14(18)17-15(19)16-13/h3-6,10,13H,7-9H2,1-2H3,(H2,16,17,18,19). The van der Waals surface area contributed by atoms with Crippen molar-refractivity contribution in [1.29, 1.82) is 0 Å². The summed E-state index contributed by atoms with van der Waals surface area (Å²) in [5.74, 6) is 1.17. The molecule has 5 heteroatoms. The second kappa shape index (κ2) is 6.41. The molecule has 2 N–H and O–H groups in total. The van der Waals surface area contributed by atoms with Gasteiger partial charge < -0.3 is 10.1 Å². The quantitative estimate of drug-likeness (QED) is 0.867. The van der Waals surface area contributed by atoms with Gasteiger partial charge in [-0.3, -0.25) is 10.1 Å². The van der Waals surface area contributed by atoms with Crippen LogP contribution in [0.4, 0.5) is 4.79 Å². The molecule has 0 bridgehead atoms. The zero-order chi connectivity index (χ0) is 14.5. The molecule has 0 aliphatic carbocycles. The molecule has 1 aromatic rings. The third-order valence-electron chi connectivity index (χ3n) is 3.19. The van der Waals surface area contributed by atoms with Gasteiger partial charge in [-0.25, -0.2) is 4.79 Å². The number of carbonyl (C=O) groups is 2. The maximum atomic E-state index is 11.3. The molecule has 1 saturated heterocycles. The highest BCUT2D eigenvalue weighted by Crippen LogP contribution is 2.22. The number of imide groups is 1. The van der Waals surface area contributed by atoms with Gasteiger partial charge in [-0.05, 0) is 30.0 Å². The summed E-state index contributed by atoms with van der Waals surface area (Å²) in [4.78, 5) is 22.6. The Kier molecular flexibility index (Phi) is 4.61. The SMILES string of the molecule is CC(C)CCOc1ccc(C2CC(=O)NC(=O)N2)cc1. The summed E-state index contributed by atoms with van der Waals surface area (Å²) in [5.41, 5.74) is 0.907. The number of hydrogen-bond donors (Lipinski definition) is 2. The number of amides is 3. The topological polar surface area (TPSA) is 67.4 Å². The van der Waals surface area contributed by atoms with Crippen LogP contribution in [0.3, 0.4) is 0 Å². The van der Waals surface area contributed by atoms with E-state index in [1.807, 2.05) is 24.3 Å². The molecule has 0 aromatic heterocycles. The lowest BCUT2D eigenvalue weighted by atomic mass is 10.0. The number of ether oxygens (including phenoxy) is 1. The van der Waals surface area contributed by atoms with Crippen LogP contribution in [0.15, 0.2) is 24.3 Å². The van der Waals surface area contributed by atoms with Crippen molar-refractivity contribution < 1.29 is 14.3 Å². The lowest BCUT2D eigenvalue weighted by Gasteiger charge is -2.23. The number of benzene rings is 1. The van der Waals surface area contributed by atoms with Crippen molar-refractivity contribution in [2.75, 3.05) is 6.61 Å². The van der Waals surface area contributed by atoms with Gasteiger partial charge in [-0.1, -0.05) is 26.0 Å². The van der Waals surface area contributed by atoms with Crippen molar-refractivity contribution in [2.24, 2.45) is 5.92 Å². The van der Waals surface area contributed by atoms with Gasteiger partial charge >= 0.3 is 6.03 Å². The van der Waals surface area contributed by atoms with Crippen LogP contribution in [0.25, 0.3) is 0 Å². The van der Waals surface area contributed by atoms with E-state index >= 15 is 0 Å². The van der Waals surface area contributed by atoms with E-state index in [0.717, 1.165) is 17.7 Å². The highest BCUT2D eigenvalue weighted by atomic mass is 16.5. The minimum Gasteiger partial charge on any atom is -0.494 e. The van der Waals surface area contributed by atoms with Crippen LogP contribution in [-0.4, -0.2) is 18.5 Å². The Morgan fingerprint density at radius 1 is 1.25 bits per heavy atom. The maximum absolute atomic E-state index is 11.3. The monoisotopic (exact) mass is 276 g/mol. The Balaban J connectivity index is 1.94. The van der Waals surface area contributed by atoms with E-state index in [1.165, 1.54) is 0 Å². The number of urea groups is 1. The summed E-state index contributed by atoms with van der Waals surface area (Å²) in [6, 6.07) is 6.80. The van der Waals surface area contributed by atoms with E-state index in [0.29, 0.717) is 12.5 Å². The van der Waals surface area contributed by atoms with E-state index in [4.69, 9.17) is 4.74 Å². The van der Waals surface area contributed by atoms with Crippen molar-refractivity contribution in [2.45, 2.75) is 32.7 Å². The molecule has 3 amide bonds. The van der Waals surface area contributed by atoms with Crippen LogP contribution in [0, 0.1) is 5.92 Å². The van der Waals surface area contributed by atoms with Crippen molar-refractivity contribution in [3.8, 4) is 5.75 Å². The fourth-order valence-corrected chi connectivity index (χ4v) is 2.02. The zero-order valence-corrected chi connectivity index (χ0v) is 11.8. The van der Waals surface area contributed by atoms with Crippen LogP contribution in [-0.2, 0) is 4.79 Å². The molecule has 1 heterocycles. The first-order valence-electron chi connectivity index (χ1n) is 6.87. The van der Waals surface area contributed by atoms with Crippen molar-refractivity contribution >= 4 is 11.9 Å². The Bertz CT molecular complexity index is 466. The fourth-order valence-electron chi connectivity index (χ4n) is 2.02. The van der Waals surface area contributed by atoms with E-state index in [2.05, 4.69) is 24.5 Å². The minimum atomic E-state index is -0.441. The first kappa shape index (κ1) is 14.4. The lowest BCUT2D eigenvalue weighted by molar-refractivity contribution is -0.121. The van der Waals surface area contributed by atoms with Crippen molar-refractivity contribution in [3.63, 3.8) is 0 Å². The predicted octanol–water partition coefficient (Wildman–Crippen LogP) is 2.38. The van der Waals surface area contributed by atoms with Gasteiger partial charge in [0.1, 0.15) is 5.75 Å². The largest absolute Gasteiger partial charge is 0.494 e. The molecule has 0 radical (unpaired) electrons. The number of carbonyl (C=O) groups excluding carboxylic acids is 2. The molecule has 1 atom stereocenters. The molecule has 5 nitrogen and oxygen atoms in total. The van der Waals surface area contributed by atoms with Crippen molar-refractivity contribution in [3.05, 3.63) is 29.8 Å². The molecule has 0 saturated carbocycles. The number of hydrogen-bond acceptors (Lipinski definition) is 3. The Hall–Kier alpha value is -2.04. The third kappa shape index (κ3) is 3.98. The third-order valence-corrected chi connectivity index (χ3v) is 3.19. The zero-order valence-electron chi connectivity index (χ0n) is 11.8. The highest BCUT2D eigenvalue weighted by Gasteiger charge is 2.24. The first-order valence-corrected chi connectivity index (χ1v) is 6.87. The molecule has 2 rings (SSSR count). The summed E-state index contributed by atoms with van der Waals surface area (Å²) in [6.45, 7) is 5.01. The Labute approximate surface area is 118 Å². The molecular weight excluding hydrogens is 256 g/mol. The van der Waals surface area contributed by atoms with Crippen LogP contribution < -0.4 is 15.4 Å². The normalized spacial score (nSPS) is 18.6. The van der Waals surface area contributed by atoms with Gasteiger partial charge in [0.2, 0.25) is 5.91 Å². The molecular formula is C15H20N2O3.